The van der Waals surface area contributed by atoms with E-state index in [0.717, 1.165) is 16.7 Å². The van der Waals surface area contributed by atoms with Crippen LogP contribution in [0.15, 0.2) is 70.7 Å². The summed E-state index contributed by atoms with van der Waals surface area (Å²) in [6, 6.07) is 13.8. The number of aromatic nitrogens is 5. The second-order valence-electron chi connectivity index (χ2n) is 5.20. The lowest BCUT2D eigenvalue weighted by molar-refractivity contribution is 0.575. The zero-order valence-corrected chi connectivity index (χ0v) is 13.8. The van der Waals surface area contributed by atoms with Crippen LogP contribution in [0.2, 0.25) is 0 Å². The normalized spacial score (nSPS) is 11.0. The third kappa shape index (κ3) is 2.74. The molecule has 0 spiro atoms. The lowest BCUT2D eigenvalue weighted by Gasteiger charge is -2.09. The van der Waals surface area contributed by atoms with Gasteiger partial charge in [-0.1, -0.05) is 30.0 Å². The molecular weight excluding hydrogens is 322 g/mol. The zero-order chi connectivity index (χ0) is 16.4. The van der Waals surface area contributed by atoms with E-state index in [2.05, 4.69) is 15.2 Å². The molecule has 0 aliphatic rings. The molecule has 7 heteroatoms. The zero-order valence-electron chi connectivity index (χ0n) is 13.0. The lowest BCUT2D eigenvalue weighted by atomic mass is 10.3. The van der Waals surface area contributed by atoms with Gasteiger partial charge in [0, 0.05) is 25.1 Å². The van der Waals surface area contributed by atoms with Gasteiger partial charge in [-0.2, -0.15) is 0 Å². The molecule has 0 N–H and O–H groups in total. The van der Waals surface area contributed by atoms with E-state index in [-0.39, 0.29) is 0 Å². The van der Waals surface area contributed by atoms with Gasteiger partial charge < -0.3 is 8.98 Å². The van der Waals surface area contributed by atoms with Crippen LogP contribution >= 0.6 is 11.8 Å². The summed E-state index contributed by atoms with van der Waals surface area (Å²) in [6.45, 7) is 0. The largest absolute Gasteiger partial charge is 0.461 e. The molecule has 120 valence electrons. The van der Waals surface area contributed by atoms with Crippen LogP contribution in [0.5, 0.6) is 0 Å². The Balaban J connectivity index is 1.73. The van der Waals surface area contributed by atoms with E-state index in [1.54, 1.807) is 24.2 Å². The Morgan fingerprint density at radius 1 is 1.08 bits per heavy atom. The van der Waals surface area contributed by atoms with E-state index < -0.39 is 0 Å². The minimum absolute atomic E-state index is 0.688. The molecule has 3 aromatic heterocycles. The maximum absolute atomic E-state index is 5.52. The van der Waals surface area contributed by atoms with Gasteiger partial charge >= 0.3 is 0 Å². The van der Waals surface area contributed by atoms with Crippen LogP contribution in [0.3, 0.4) is 0 Å². The van der Waals surface area contributed by atoms with Crippen LogP contribution in [-0.4, -0.2) is 24.3 Å². The molecule has 0 bridgehead atoms. The van der Waals surface area contributed by atoms with Gasteiger partial charge in [-0.25, -0.2) is 4.98 Å². The molecule has 0 fully saturated rings. The summed E-state index contributed by atoms with van der Waals surface area (Å²) in [6.07, 6.45) is 5.37. The number of furan rings is 1. The molecular formula is C17H15N5OS. The van der Waals surface area contributed by atoms with Crippen molar-refractivity contribution in [3.05, 3.63) is 66.9 Å². The summed E-state index contributed by atoms with van der Waals surface area (Å²) in [4.78, 5) is 4.36. The maximum Gasteiger partial charge on any atom is 0.205 e. The summed E-state index contributed by atoms with van der Waals surface area (Å²) in [5.74, 6) is 3.08. The Hall–Kier alpha value is -2.80. The van der Waals surface area contributed by atoms with Crippen molar-refractivity contribution in [2.75, 3.05) is 0 Å². The number of aryl methyl sites for hydroxylation is 1. The summed E-state index contributed by atoms with van der Waals surface area (Å²) >= 11 is 1.60. The third-order valence-corrected chi connectivity index (χ3v) is 4.57. The summed E-state index contributed by atoms with van der Waals surface area (Å²) in [7, 11) is 1.99. The van der Waals surface area contributed by atoms with E-state index in [1.807, 2.05) is 64.8 Å². The molecule has 0 atom stereocenters. The van der Waals surface area contributed by atoms with Crippen molar-refractivity contribution in [3.63, 3.8) is 0 Å². The predicted octanol–water partition coefficient (Wildman–Crippen LogP) is 3.55. The second-order valence-corrected chi connectivity index (χ2v) is 6.14. The van der Waals surface area contributed by atoms with Gasteiger partial charge in [0.15, 0.2) is 10.9 Å². The molecule has 4 aromatic rings. The van der Waals surface area contributed by atoms with Crippen molar-refractivity contribution >= 4 is 11.8 Å². The van der Waals surface area contributed by atoms with Gasteiger partial charge in [0.05, 0.1) is 12.0 Å². The van der Waals surface area contributed by atoms with Crippen molar-refractivity contribution in [3.8, 4) is 17.3 Å². The number of para-hydroxylation sites is 1. The van der Waals surface area contributed by atoms with Gasteiger partial charge in [-0.05, 0) is 24.3 Å². The quantitative estimate of drug-likeness (QED) is 0.521. The fourth-order valence-corrected chi connectivity index (χ4v) is 3.36. The Morgan fingerprint density at radius 2 is 1.96 bits per heavy atom. The fourth-order valence-electron chi connectivity index (χ4n) is 2.40. The van der Waals surface area contributed by atoms with Crippen molar-refractivity contribution in [2.45, 2.75) is 10.9 Å². The van der Waals surface area contributed by atoms with Crippen LogP contribution < -0.4 is 0 Å². The standard InChI is InChI=1S/C17H15N5OS/c1-21-10-9-18-15(21)12-24-17-20-19-16(14-8-5-11-23-14)22(17)13-6-3-2-4-7-13/h2-11H,12H2,1H3. The van der Waals surface area contributed by atoms with Gasteiger partial charge in [-0.3, -0.25) is 4.57 Å². The van der Waals surface area contributed by atoms with Crippen molar-refractivity contribution in [1.29, 1.82) is 0 Å². The van der Waals surface area contributed by atoms with E-state index in [1.165, 1.54) is 0 Å². The van der Waals surface area contributed by atoms with E-state index >= 15 is 0 Å². The number of nitrogens with zero attached hydrogens (tertiary/aromatic N) is 5. The molecule has 1 aromatic carbocycles. The first-order valence-corrected chi connectivity index (χ1v) is 8.45. The molecule has 3 heterocycles. The molecule has 0 saturated carbocycles. The number of thioether (sulfide) groups is 1. The average molecular weight is 337 g/mol. The smallest absolute Gasteiger partial charge is 0.205 e. The molecule has 0 amide bonds. The summed E-state index contributed by atoms with van der Waals surface area (Å²) in [5.41, 5.74) is 0.997. The van der Waals surface area contributed by atoms with Gasteiger partial charge in [0.1, 0.15) is 5.82 Å². The second kappa shape index (κ2) is 6.37. The van der Waals surface area contributed by atoms with Crippen LogP contribution in [0.25, 0.3) is 17.3 Å². The van der Waals surface area contributed by atoms with Gasteiger partial charge in [-0.15, -0.1) is 10.2 Å². The first-order chi connectivity index (χ1) is 11.8. The molecule has 0 aliphatic carbocycles. The van der Waals surface area contributed by atoms with Crippen LogP contribution in [0.1, 0.15) is 5.82 Å². The molecule has 0 saturated heterocycles. The van der Waals surface area contributed by atoms with Crippen molar-refractivity contribution in [2.24, 2.45) is 7.05 Å². The first kappa shape index (κ1) is 14.8. The Morgan fingerprint density at radius 3 is 2.67 bits per heavy atom. The van der Waals surface area contributed by atoms with Crippen molar-refractivity contribution in [1.82, 2.24) is 24.3 Å². The van der Waals surface area contributed by atoms with Crippen LogP contribution in [0.4, 0.5) is 0 Å². The highest BCUT2D eigenvalue weighted by Crippen LogP contribution is 2.29. The monoisotopic (exact) mass is 337 g/mol. The van der Waals surface area contributed by atoms with Gasteiger partial charge in [0.2, 0.25) is 5.82 Å². The topological polar surface area (TPSA) is 61.7 Å². The predicted molar refractivity (Wildman–Crippen MR) is 91.8 cm³/mol. The number of imidazole rings is 1. The summed E-state index contributed by atoms with van der Waals surface area (Å²) < 4.78 is 9.53. The molecule has 6 nitrogen and oxygen atoms in total. The minimum atomic E-state index is 0.688. The number of benzene rings is 1. The van der Waals surface area contributed by atoms with Crippen LogP contribution in [0, 0.1) is 0 Å². The first-order valence-electron chi connectivity index (χ1n) is 7.46. The summed E-state index contributed by atoms with van der Waals surface area (Å²) in [5, 5.41) is 9.49. The average Bonchev–Trinajstić information content (AvgIpc) is 3.34. The highest BCUT2D eigenvalue weighted by molar-refractivity contribution is 7.98. The molecule has 24 heavy (non-hydrogen) atoms. The molecule has 0 aliphatic heterocycles. The van der Waals surface area contributed by atoms with Crippen LogP contribution in [-0.2, 0) is 12.8 Å². The van der Waals surface area contributed by atoms with E-state index in [4.69, 9.17) is 4.42 Å². The number of hydrogen-bond donors (Lipinski definition) is 0. The minimum Gasteiger partial charge on any atom is -0.461 e. The Kier molecular flexibility index (Phi) is 3.92. The Labute approximate surface area is 143 Å². The van der Waals surface area contributed by atoms with E-state index in [9.17, 15) is 0 Å². The lowest BCUT2D eigenvalue weighted by Crippen LogP contribution is -2.00. The Bertz CT molecular complexity index is 927. The maximum atomic E-state index is 5.52. The highest BCUT2D eigenvalue weighted by atomic mass is 32.2. The molecule has 0 unspecified atom stereocenters. The number of hydrogen-bond acceptors (Lipinski definition) is 5. The van der Waals surface area contributed by atoms with Crippen molar-refractivity contribution < 1.29 is 4.42 Å². The van der Waals surface area contributed by atoms with E-state index in [0.29, 0.717) is 17.3 Å². The SMILES string of the molecule is Cn1ccnc1CSc1nnc(-c2ccco2)n1-c1ccccc1. The molecule has 4 rings (SSSR count). The van der Waals surface area contributed by atoms with Gasteiger partial charge in [0.25, 0.3) is 0 Å². The third-order valence-electron chi connectivity index (χ3n) is 3.64. The highest BCUT2D eigenvalue weighted by Gasteiger charge is 2.18. The molecule has 0 radical (unpaired) electrons. The number of rotatable bonds is 5. The fraction of sp³-hybridized carbons (Fsp3) is 0.118.